The molecule has 1 atom stereocenters. The highest BCUT2D eigenvalue weighted by atomic mass is 35.5. The molecule has 0 unspecified atom stereocenters. The lowest BCUT2D eigenvalue weighted by Gasteiger charge is -2.34. The first-order valence-corrected chi connectivity index (χ1v) is 9.12. The number of nitriles is 1. The number of hydrogen-bond donors (Lipinski definition) is 0. The third-order valence-corrected chi connectivity index (χ3v) is 6.49. The summed E-state index contributed by atoms with van der Waals surface area (Å²) in [6.45, 7) is 4.47. The van der Waals surface area contributed by atoms with Gasteiger partial charge >= 0.3 is 0 Å². The van der Waals surface area contributed by atoms with Crippen LogP contribution in [0.4, 0.5) is 0 Å². The Morgan fingerprint density at radius 2 is 1.91 bits per heavy atom. The maximum atomic E-state index is 12.7. The molecule has 1 aliphatic heterocycles. The second-order valence-corrected chi connectivity index (χ2v) is 7.98. The quantitative estimate of drug-likeness (QED) is 0.825. The van der Waals surface area contributed by atoms with Gasteiger partial charge in [0, 0.05) is 32.7 Å². The number of sulfonamides is 1. The van der Waals surface area contributed by atoms with E-state index in [2.05, 4.69) is 11.0 Å². The molecule has 0 bridgehead atoms. The Labute approximate surface area is 141 Å². The summed E-state index contributed by atoms with van der Waals surface area (Å²) in [6, 6.07) is 6.79. The number of halogens is 2. The van der Waals surface area contributed by atoms with Crippen molar-refractivity contribution in [1.29, 1.82) is 5.26 Å². The van der Waals surface area contributed by atoms with Crippen LogP contribution >= 0.6 is 23.2 Å². The fourth-order valence-electron chi connectivity index (χ4n) is 2.40. The molecule has 1 aromatic rings. The summed E-state index contributed by atoms with van der Waals surface area (Å²) < 4.78 is 26.7. The summed E-state index contributed by atoms with van der Waals surface area (Å²) in [4.78, 5) is 2.14. The van der Waals surface area contributed by atoms with Crippen LogP contribution < -0.4 is 0 Å². The van der Waals surface area contributed by atoms with E-state index >= 15 is 0 Å². The van der Waals surface area contributed by atoms with Crippen molar-refractivity contribution in [3.63, 3.8) is 0 Å². The molecule has 1 heterocycles. The topological polar surface area (TPSA) is 64.4 Å². The van der Waals surface area contributed by atoms with Gasteiger partial charge in [0.1, 0.15) is 4.90 Å². The molecule has 0 aromatic heterocycles. The zero-order valence-corrected chi connectivity index (χ0v) is 14.5. The fraction of sp³-hybridized carbons (Fsp3) is 0.500. The second-order valence-electron chi connectivity index (χ2n) is 5.29. The Morgan fingerprint density at radius 3 is 2.50 bits per heavy atom. The number of hydrogen-bond acceptors (Lipinski definition) is 4. The highest BCUT2D eigenvalue weighted by Crippen LogP contribution is 2.31. The van der Waals surface area contributed by atoms with Gasteiger partial charge in [-0.25, -0.2) is 8.42 Å². The predicted octanol–water partition coefficient (Wildman–Crippen LogP) is 2.46. The third kappa shape index (κ3) is 3.73. The van der Waals surface area contributed by atoms with E-state index in [1.54, 1.807) is 12.1 Å². The van der Waals surface area contributed by atoms with Crippen molar-refractivity contribution in [2.45, 2.75) is 11.8 Å². The van der Waals surface area contributed by atoms with Crippen LogP contribution in [0.3, 0.4) is 0 Å². The zero-order valence-electron chi connectivity index (χ0n) is 12.2. The van der Waals surface area contributed by atoms with Crippen molar-refractivity contribution in [2.24, 2.45) is 5.92 Å². The minimum Gasteiger partial charge on any atom is -0.299 e. The average molecular weight is 362 g/mol. The molecule has 0 radical (unpaired) electrons. The molecule has 1 saturated heterocycles. The lowest BCUT2D eigenvalue weighted by Crippen LogP contribution is -2.49. The summed E-state index contributed by atoms with van der Waals surface area (Å²) >= 11 is 11.9. The summed E-state index contributed by atoms with van der Waals surface area (Å²) in [5.74, 6) is -0.0643. The van der Waals surface area contributed by atoms with Gasteiger partial charge in [-0.15, -0.1) is 0 Å². The van der Waals surface area contributed by atoms with Gasteiger partial charge < -0.3 is 0 Å². The maximum Gasteiger partial charge on any atom is 0.244 e. The van der Waals surface area contributed by atoms with Gasteiger partial charge in [0.2, 0.25) is 10.0 Å². The van der Waals surface area contributed by atoms with Crippen molar-refractivity contribution in [2.75, 3.05) is 32.7 Å². The predicted molar refractivity (Wildman–Crippen MR) is 86.4 cm³/mol. The summed E-state index contributed by atoms with van der Waals surface area (Å²) in [5, 5.41) is 9.13. The van der Waals surface area contributed by atoms with E-state index in [0.29, 0.717) is 32.7 Å². The number of rotatable bonds is 4. The van der Waals surface area contributed by atoms with Crippen LogP contribution in [0.1, 0.15) is 6.92 Å². The lowest BCUT2D eigenvalue weighted by molar-refractivity contribution is 0.178. The van der Waals surface area contributed by atoms with Gasteiger partial charge in [0.15, 0.2) is 0 Å². The Balaban J connectivity index is 2.10. The molecule has 2 rings (SSSR count). The van der Waals surface area contributed by atoms with E-state index in [-0.39, 0.29) is 20.9 Å². The standard InChI is InChI=1S/C14H17Cl2N3O2S/c1-11(9-17)10-18-5-7-19(8-6-18)22(20,21)13-4-2-3-12(15)14(13)16/h2-4,11H,5-8,10H2,1H3/t11-/m0/s1. The van der Waals surface area contributed by atoms with Gasteiger partial charge in [0.25, 0.3) is 0 Å². The molecule has 0 saturated carbocycles. The van der Waals surface area contributed by atoms with E-state index in [1.165, 1.54) is 10.4 Å². The van der Waals surface area contributed by atoms with Gasteiger partial charge in [-0.2, -0.15) is 9.57 Å². The molecular weight excluding hydrogens is 345 g/mol. The number of piperazine rings is 1. The molecule has 120 valence electrons. The summed E-state index contributed by atoms with van der Waals surface area (Å²) in [5.41, 5.74) is 0. The molecule has 0 amide bonds. The van der Waals surface area contributed by atoms with Crippen molar-refractivity contribution in [3.8, 4) is 6.07 Å². The minimum atomic E-state index is -3.65. The monoisotopic (exact) mass is 361 g/mol. The van der Waals surface area contributed by atoms with E-state index in [1.807, 2.05) is 6.92 Å². The molecule has 22 heavy (non-hydrogen) atoms. The Kier molecular flexibility index (Phi) is 5.70. The molecule has 5 nitrogen and oxygen atoms in total. The molecule has 0 spiro atoms. The van der Waals surface area contributed by atoms with Crippen LogP contribution in [0.25, 0.3) is 0 Å². The van der Waals surface area contributed by atoms with E-state index < -0.39 is 10.0 Å². The molecule has 1 aromatic carbocycles. The van der Waals surface area contributed by atoms with Gasteiger partial charge in [-0.1, -0.05) is 29.3 Å². The Bertz CT molecular complexity index is 680. The van der Waals surface area contributed by atoms with E-state index in [4.69, 9.17) is 28.5 Å². The highest BCUT2D eigenvalue weighted by molar-refractivity contribution is 7.89. The smallest absolute Gasteiger partial charge is 0.244 e. The molecular formula is C14H17Cl2N3O2S. The number of nitrogens with zero attached hydrogens (tertiary/aromatic N) is 3. The van der Waals surface area contributed by atoms with Crippen LogP contribution in [0.2, 0.25) is 10.0 Å². The molecule has 1 aliphatic rings. The highest BCUT2D eigenvalue weighted by Gasteiger charge is 2.30. The maximum absolute atomic E-state index is 12.7. The van der Waals surface area contributed by atoms with Crippen molar-refractivity contribution in [1.82, 2.24) is 9.21 Å². The summed E-state index contributed by atoms with van der Waals surface area (Å²) in [7, 11) is -3.65. The third-order valence-electron chi connectivity index (χ3n) is 3.62. The Morgan fingerprint density at radius 1 is 1.27 bits per heavy atom. The van der Waals surface area contributed by atoms with Crippen molar-refractivity contribution < 1.29 is 8.42 Å². The SMILES string of the molecule is C[C@@H](C#N)CN1CCN(S(=O)(=O)c2cccc(Cl)c2Cl)CC1. The van der Waals surface area contributed by atoms with Crippen molar-refractivity contribution in [3.05, 3.63) is 28.2 Å². The van der Waals surface area contributed by atoms with Crippen LogP contribution in [0, 0.1) is 17.2 Å². The van der Waals surface area contributed by atoms with Crippen LogP contribution in [-0.2, 0) is 10.0 Å². The van der Waals surface area contributed by atoms with Crippen LogP contribution in [0.5, 0.6) is 0 Å². The minimum absolute atomic E-state index is 0.0421. The first-order valence-electron chi connectivity index (χ1n) is 6.92. The van der Waals surface area contributed by atoms with Gasteiger partial charge in [0.05, 0.1) is 22.0 Å². The first kappa shape index (κ1) is 17.5. The molecule has 8 heteroatoms. The Hall–Kier alpha value is -0.840. The summed E-state index contributed by atoms with van der Waals surface area (Å²) in [6.07, 6.45) is 0. The van der Waals surface area contributed by atoms with Crippen molar-refractivity contribution >= 4 is 33.2 Å². The number of benzene rings is 1. The zero-order chi connectivity index (χ0) is 16.3. The van der Waals surface area contributed by atoms with Gasteiger partial charge in [-0.3, -0.25) is 4.90 Å². The first-order chi connectivity index (χ1) is 10.4. The molecule has 1 fully saturated rings. The van der Waals surface area contributed by atoms with E-state index in [0.717, 1.165) is 0 Å². The van der Waals surface area contributed by atoms with Crippen LogP contribution in [-0.4, -0.2) is 50.3 Å². The average Bonchev–Trinajstić information content (AvgIpc) is 2.50. The lowest BCUT2D eigenvalue weighted by atomic mass is 10.2. The molecule has 0 aliphatic carbocycles. The van der Waals surface area contributed by atoms with E-state index in [9.17, 15) is 8.42 Å². The largest absolute Gasteiger partial charge is 0.299 e. The fourth-order valence-corrected chi connectivity index (χ4v) is 4.56. The molecule has 0 N–H and O–H groups in total. The van der Waals surface area contributed by atoms with Gasteiger partial charge in [-0.05, 0) is 19.1 Å². The van der Waals surface area contributed by atoms with Crippen LogP contribution in [0.15, 0.2) is 23.1 Å². The normalized spacial score (nSPS) is 18.8. The second kappa shape index (κ2) is 7.16.